The summed E-state index contributed by atoms with van der Waals surface area (Å²) in [7, 11) is 1.51. The molecule has 0 bridgehead atoms. The summed E-state index contributed by atoms with van der Waals surface area (Å²) in [6.07, 6.45) is 1.04. The van der Waals surface area contributed by atoms with Gasteiger partial charge in [-0.25, -0.2) is 0 Å². The summed E-state index contributed by atoms with van der Waals surface area (Å²) in [5.41, 5.74) is 2.43. The van der Waals surface area contributed by atoms with Gasteiger partial charge in [-0.15, -0.1) is 0 Å². The van der Waals surface area contributed by atoms with Gasteiger partial charge in [-0.2, -0.15) is 0 Å². The molecular weight excluding hydrogens is 290 g/mol. The van der Waals surface area contributed by atoms with E-state index in [-0.39, 0.29) is 0 Å². The minimum Gasteiger partial charge on any atom is -0.398 e. The van der Waals surface area contributed by atoms with Crippen molar-refractivity contribution in [3.8, 4) is 0 Å². The Hall–Kier alpha value is -1.62. The zero-order chi connectivity index (χ0) is 15.8. The van der Waals surface area contributed by atoms with E-state index in [2.05, 4.69) is 60.0 Å². The van der Waals surface area contributed by atoms with E-state index in [1.807, 2.05) is 12.1 Å². The number of hydrogen-bond acceptors (Lipinski definition) is 3. The molecule has 0 spiro atoms. The first-order chi connectivity index (χ1) is 10.7. The van der Waals surface area contributed by atoms with E-state index in [0.29, 0.717) is 0 Å². The molecule has 2 aromatic carbocycles. The van der Waals surface area contributed by atoms with Gasteiger partial charge in [0.1, 0.15) is 0 Å². The van der Waals surface area contributed by atoms with Gasteiger partial charge in [0.25, 0.3) is 0 Å². The van der Waals surface area contributed by atoms with Gasteiger partial charge < -0.3 is 13.8 Å². The molecule has 0 aliphatic carbocycles. The molecular formula is C18H25NO2Si. The van der Waals surface area contributed by atoms with Crippen LogP contribution in [-0.4, -0.2) is 29.3 Å². The largest absolute Gasteiger partial charge is 0.398 e. The second-order valence-electron chi connectivity index (χ2n) is 5.47. The maximum absolute atomic E-state index is 5.58. The highest BCUT2D eigenvalue weighted by molar-refractivity contribution is 6.65. The number of para-hydroxylation sites is 2. The van der Waals surface area contributed by atoms with Gasteiger partial charge in [-0.05, 0) is 43.3 Å². The fourth-order valence-electron chi connectivity index (χ4n) is 2.47. The summed E-state index contributed by atoms with van der Waals surface area (Å²) in [5.74, 6) is 0. The highest BCUT2D eigenvalue weighted by atomic mass is 28.4. The van der Waals surface area contributed by atoms with E-state index < -0.39 is 8.56 Å². The van der Waals surface area contributed by atoms with Crippen molar-refractivity contribution >= 4 is 19.9 Å². The number of anilines is 2. The summed E-state index contributed by atoms with van der Waals surface area (Å²) in [5, 5.41) is 0. The molecule has 0 heterocycles. The standard InChI is InChI=1S/C18H25NO2Si/c1-20-22(3,21-2)16-10-15-19(17-11-6-4-7-12-17)18-13-8-5-9-14-18/h4-9,11-14H,10,15-16H2,1-3H3. The summed E-state index contributed by atoms with van der Waals surface area (Å²) in [4.78, 5) is 2.35. The van der Waals surface area contributed by atoms with Crippen LogP contribution in [0.25, 0.3) is 0 Å². The van der Waals surface area contributed by atoms with Crippen molar-refractivity contribution < 1.29 is 8.85 Å². The predicted molar refractivity (Wildman–Crippen MR) is 95.0 cm³/mol. The maximum Gasteiger partial charge on any atom is 0.334 e. The predicted octanol–water partition coefficient (Wildman–Crippen LogP) is 4.58. The van der Waals surface area contributed by atoms with Gasteiger partial charge >= 0.3 is 8.56 Å². The second-order valence-corrected chi connectivity index (χ2v) is 9.05. The lowest BCUT2D eigenvalue weighted by atomic mass is 10.2. The Balaban J connectivity index is 2.10. The number of nitrogens with zero attached hydrogens (tertiary/aromatic N) is 1. The lowest BCUT2D eigenvalue weighted by Crippen LogP contribution is -2.36. The van der Waals surface area contributed by atoms with E-state index >= 15 is 0 Å². The van der Waals surface area contributed by atoms with E-state index in [4.69, 9.17) is 8.85 Å². The highest BCUT2D eigenvalue weighted by Crippen LogP contribution is 2.26. The van der Waals surface area contributed by atoms with Crippen molar-refractivity contribution in [3.05, 3.63) is 60.7 Å². The molecule has 0 aliphatic rings. The smallest absolute Gasteiger partial charge is 0.334 e. The average molecular weight is 315 g/mol. The molecule has 0 aliphatic heterocycles. The number of benzene rings is 2. The van der Waals surface area contributed by atoms with Crippen LogP contribution in [0.1, 0.15) is 6.42 Å². The maximum atomic E-state index is 5.58. The van der Waals surface area contributed by atoms with Gasteiger partial charge in [-0.3, -0.25) is 0 Å². The van der Waals surface area contributed by atoms with Crippen molar-refractivity contribution in [1.82, 2.24) is 0 Å². The summed E-state index contributed by atoms with van der Waals surface area (Å²) in [6, 6.07) is 22.0. The molecule has 0 saturated heterocycles. The minimum atomic E-state index is -1.99. The Labute approximate surface area is 134 Å². The third-order valence-electron chi connectivity index (χ3n) is 4.01. The van der Waals surface area contributed by atoms with E-state index in [1.165, 1.54) is 11.4 Å². The molecule has 0 unspecified atom stereocenters. The lowest BCUT2D eigenvalue weighted by Gasteiger charge is -2.27. The molecule has 22 heavy (non-hydrogen) atoms. The van der Waals surface area contributed by atoms with E-state index in [9.17, 15) is 0 Å². The molecule has 3 nitrogen and oxygen atoms in total. The number of hydrogen-bond donors (Lipinski definition) is 0. The monoisotopic (exact) mass is 315 g/mol. The zero-order valence-electron chi connectivity index (χ0n) is 13.7. The average Bonchev–Trinajstić information content (AvgIpc) is 2.60. The van der Waals surface area contributed by atoms with Gasteiger partial charge in [0.15, 0.2) is 0 Å². The normalized spacial score (nSPS) is 11.4. The van der Waals surface area contributed by atoms with Crippen LogP contribution in [0.2, 0.25) is 12.6 Å². The topological polar surface area (TPSA) is 21.7 Å². The Morgan fingerprint density at radius 1 is 0.818 bits per heavy atom. The molecule has 2 aromatic rings. The van der Waals surface area contributed by atoms with E-state index in [0.717, 1.165) is 19.0 Å². The summed E-state index contributed by atoms with van der Waals surface area (Å²) < 4.78 is 11.2. The molecule has 0 fully saturated rings. The highest BCUT2D eigenvalue weighted by Gasteiger charge is 2.28. The molecule has 0 aromatic heterocycles. The Bertz CT molecular complexity index is 504. The van der Waals surface area contributed by atoms with Crippen LogP contribution in [0.3, 0.4) is 0 Å². The van der Waals surface area contributed by atoms with Crippen LogP contribution >= 0.6 is 0 Å². The van der Waals surface area contributed by atoms with Crippen LogP contribution in [-0.2, 0) is 8.85 Å². The van der Waals surface area contributed by atoms with Crippen LogP contribution < -0.4 is 4.90 Å². The third-order valence-corrected chi connectivity index (χ3v) is 7.00. The van der Waals surface area contributed by atoms with Crippen LogP contribution in [0, 0.1) is 0 Å². The van der Waals surface area contributed by atoms with E-state index in [1.54, 1.807) is 14.2 Å². The fraction of sp³-hybridized carbons (Fsp3) is 0.333. The molecule has 2 rings (SSSR count). The molecule has 0 amide bonds. The molecule has 4 heteroatoms. The zero-order valence-corrected chi connectivity index (χ0v) is 14.7. The minimum absolute atomic E-state index is 0.948. The Kier molecular flexibility index (Phi) is 6.18. The first kappa shape index (κ1) is 16.7. The van der Waals surface area contributed by atoms with Crippen molar-refractivity contribution in [1.29, 1.82) is 0 Å². The fourth-order valence-corrected chi connectivity index (χ4v) is 3.84. The molecule has 0 saturated carbocycles. The third kappa shape index (κ3) is 4.43. The Morgan fingerprint density at radius 2 is 1.27 bits per heavy atom. The van der Waals surface area contributed by atoms with Crippen LogP contribution in [0.5, 0.6) is 0 Å². The molecule has 0 N–H and O–H groups in total. The Morgan fingerprint density at radius 3 is 1.68 bits per heavy atom. The molecule has 118 valence electrons. The van der Waals surface area contributed by atoms with Gasteiger partial charge in [0.2, 0.25) is 0 Å². The van der Waals surface area contributed by atoms with Crippen molar-refractivity contribution in [2.75, 3.05) is 25.7 Å². The van der Waals surface area contributed by atoms with Crippen molar-refractivity contribution in [3.63, 3.8) is 0 Å². The van der Waals surface area contributed by atoms with Gasteiger partial charge in [0, 0.05) is 32.1 Å². The van der Waals surface area contributed by atoms with Crippen LogP contribution in [0.4, 0.5) is 11.4 Å². The van der Waals surface area contributed by atoms with Crippen molar-refractivity contribution in [2.24, 2.45) is 0 Å². The quantitative estimate of drug-likeness (QED) is 0.666. The molecule has 0 radical (unpaired) electrons. The first-order valence-electron chi connectivity index (χ1n) is 7.66. The van der Waals surface area contributed by atoms with Gasteiger partial charge in [0.05, 0.1) is 0 Å². The summed E-state index contributed by atoms with van der Waals surface area (Å²) >= 11 is 0. The SMILES string of the molecule is CO[Si](C)(CCCN(c1ccccc1)c1ccccc1)OC. The first-order valence-corrected chi connectivity index (χ1v) is 10.2. The van der Waals surface area contributed by atoms with Gasteiger partial charge in [-0.1, -0.05) is 36.4 Å². The summed E-state index contributed by atoms with van der Waals surface area (Å²) in [6.45, 7) is 3.06. The number of rotatable bonds is 8. The van der Waals surface area contributed by atoms with Crippen LogP contribution in [0.15, 0.2) is 60.7 Å². The second kappa shape index (κ2) is 8.13. The molecule has 0 atom stereocenters. The van der Waals surface area contributed by atoms with Crippen molar-refractivity contribution in [2.45, 2.75) is 19.0 Å². The lowest BCUT2D eigenvalue weighted by molar-refractivity contribution is 0.249.